The van der Waals surface area contributed by atoms with Crippen molar-refractivity contribution in [1.29, 1.82) is 0 Å². The van der Waals surface area contributed by atoms with Crippen molar-refractivity contribution < 1.29 is 4.79 Å². The SMILES string of the molecule is CC(CBr)CN1CC(C(C)(C)C)CC1=O. The summed E-state index contributed by atoms with van der Waals surface area (Å²) in [5.41, 5.74) is 0.252. The molecule has 1 aliphatic heterocycles. The minimum Gasteiger partial charge on any atom is -0.342 e. The monoisotopic (exact) mass is 275 g/mol. The molecule has 2 nitrogen and oxygen atoms in total. The number of amides is 1. The summed E-state index contributed by atoms with van der Waals surface area (Å²) in [5, 5.41) is 0.969. The van der Waals surface area contributed by atoms with E-state index in [4.69, 9.17) is 0 Å². The molecule has 1 saturated heterocycles. The molecule has 1 amide bonds. The van der Waals surface area contributed by atoms with Crippen molar-refractivity contribution in [2.45, 2.75) is 34.1 Å². The van der Waals surface area contributed by atoms with Crippen LogP contribution in [0, 0.1) is 17.3 Å². The molecule has 0 spiro atoms. The first-order valence-electron chi connectivity index (χ1n) is 5.68. The van der Waals surface area contributed by atoms with Crippen molar-refractivity contribution >= 4 is 21.8 Å². The molecule has 3 heteroatoms. The molecule has 1 fully saturated rings. The zero-order chi connectivity index (χ0) is 11.6. The molecule has 0 saturated carbocycles. The largest absolute Gasteiger partial charge is 0.342 e. The predicted molar refractivity (Wildman–Crippen MR) is 67.1 cm³/mol. The van der Waals surface area contributed by atoms with E-state index < -0.39 is 0 Å². The van der Waals surface area contributed by atoms with Crippen molar-refractivity contribution in [1.82, 2.24) is 4.90 Å². The first-order chi connectivity index (χ1) is 6.84. The van der Waals surface area contributed by atoms with Crippen molar-refractivity contribution in [3.8, 4) is 0 Å². The van der Waals surface area contributed by atoms with Gasteiger partial charge in [-0.1, -0.05) is 43.6 Å². The minimum atomic E-state index is 0.252. The van der Waals surface area contributed by atoms with Gasteiger partial charge in [0.25, 0.3) is 0 Å². The van der Waals surface area contributed by atoms with Crippen LogP contribution >= 0.6 is 15.9 Å². The lowest BCUT2D eigenvalue weighted by atomic mass is 9.80. The van der Waals surface area contributed by atoms with Crippen LogP contribution in [0.25, 0.3) is 0 Å². The van der Waals surface area contributed by atoms with Crippen LogP contribution in [0.3, 0.4) is 0 Å². The maximum absolute atomic E-state index is 11.8. The standard InChI is InChI=1S/C12H22BrNO/c1-9(6-13)7-14-8-10(5-11(14)15)12(2,3)4/h9-10H,5-8H2,1-4H3. The average Bonchev–Trinajstić information content (AvgIpc) is 2.47. The van der Waals surface area contributed by atoms with Crippen LogP contribution in [0.2, 0.25) is 0 Å². The average molecular weight is 276 g/mol. The predicted octanol–water partition coefficient (Wildman–Crippen LogP) is 2.91. The van der Waals surface area contributed by atoms with Crippen LogP contribution in [0.1, 0.15) is 34.1 Å². The smallest absolute Gasteiger partial charge is 0.222 e. The molecule has 0 radical (unpaired) electrons. The number of hydrogen-bond acceptors (Lipinski definition) is 1. The highest BCUT2D eigenvalue weighted by Gasteiger charge is 2.36. The number of alkyl halides is 1. The van der Waals surface area contributed by atoms with Crippen LogP contribution < -0.4 is 0 Å². The van der Waals surface area contributed by atoms with Gasteiger partial charge in [0.1, 0.15) is 0 Å². The fraction of sp³-hybridized carbons (Fsp3) is 0.917. The minimum absolute atomic E-state index is 0.252. The van der Waals surface area contributed by atoms with E-state index in [9.17, 15) is 4.79 Å². The summed E-state index contributed by atoms with van der Waals surface area (Å²) < 4.78 is 0. The fourth-order valence-electron chi connectivity index (χ4n) is 1.95. The molecule has 0 bridgehead atoms. The zero-order valence-electron chi connectivity index (χ0n) is 10.2. The Balaban J connectivity index is 2.53. The highest BCUT2D eigenvalue weighted by molar-refractivity contribution is 9.09. The topological polar surface area (TPSA) is 20.3 Å². The van der Waals surface area contributed by atoms with Crippen molar-refractivity contribution in [2.24, 2.45) is 17.3 Å². The number of nitrogens with zero attached hydrogens (tertiary/aromatic N) is 1. The van der Waals surface area contributed by atoms with Gasteiger partial charge in [-0.05, 0) is 17.3 Å². The first kappa shape index (κ1) is 13.0. The van der Waals surface area contributed by atoms with Gasteiger partial charge < -0.3 is 4.90 Å². The van der Waals surface area contributed by atoms with Gasteiger partial charge in [-0.25, -0.2) is 0 Å². The molecule has 2 unspecified atom stereocenters. The lowest BCUT2D eigenvalue weighted by molar-refractivity contribution is -0.128. The summed E-state index contributed by atoms with van der Waals surface area (Å²) in [5.74, 6) is 1.41. The normalized spacial score (nSPS) is 24.7. The first-order valence-corrected chi connectivity index (χ1v) is 6.80. The van der Waals surface area contributed by atoms with Gasteiger partial charge in [-0.2, -0.15) is 0 Å². The van der Waals surface area contributed by atoms with Crippen LogP contribution in [-0.4, -0.2) is 29.2 Å². The third-order valence-electron chi connectivity index (χ3n) is 3.23. The number of carbonyl (C=O) groups is 1. The van der Waals surface area contributed by atoms with Crippen LogP contribution in [-0.2, 0) is 4.79 Å². The summed E-state index contributed by atoms with van der Waals surface area (Å²) in [4.78, 5) is 13.8. The van der Waals surface area contributed by atoms with Gasteiger partial charge in [-0.3, -0.25) is 4.79 Å². The number of hydrogen-bond donors (Lipinski definition) is 0. The molecular weight excluding hydrogens is 254 g/mol. The summed E-state index contributed by atoms with van der Waals surface area (Å²) in [7, 11) is 0. The van der Waals surface area contributed by atoms with Crippen molar-refractivity contribution in [3.05, 3.63) is 0 Å². The van der Waals surface area contributed by atoms with E-state index in [2.05, 4.69) is 43.6 Å². The Morgan fingerprint density at radius 3 is 2.53 bits per heavy atom. The molecule has 1 aliphatic rings. The Bertz CT molecular complexity index is 234. The van der Waals surface area contributed by atoms with Crippen molar-refractivity contribution in [3.63, 3.8) is 0 Å². The third-order valence-corrected chi connectivity index (χ3v) is 4.34. The van der Waals surface area contributed by atoms with E-state index in [-0.39, 0.29) is 5.41 Å². The molecule has 0 aromatic carbocycles. The molecule has 15 heavy (non-hydrogen) atoms. The second-order valence-electron chi connectivity index (χ2n) is 5.83. The van der Waals surface area contributed by atoms with Gasteiger partial charge in [-0.15, -0.1) is 0 Å². The van der Waals surface area contributed by atoms with E-state index in [0.717, 1.165) is 24.8 Å². The number of rotatable bonds is 3. The van der Waals surface area contributed by atoms with Gasteiger partial charge in [0.2, 0.25) is 5.91 Å². The molecule has 0 N–H and O–H groups in total. The number of likely N-dealkylation sites (tertiary alicyclic amines) is 1. The number of carbonyl (C=O) groups excluding carboxylic acids is 1. The summed E-state index contributed by atoms with van der Waals surface area (Å²) in [6.45, 7) is 10.7. The van der Waals surface area contributed by atoms with Gasteiger partial charge in [0, 0.05) is 24.8 Å². The van der Waals surface area contributed by atoms with E-state index in [1.807, 2.05) is 4.90 Å². The molecule has 88 valence electrons. The molecule has 1 rings (SSSR count). The van der Waals surface area contributed by atoms with Gasteiger partial charge >= 0.3 is 0 Å². The zero-order valence-corrected chi connectivity index (χ0v) is 11.8. The Hall–Kier alpha value is -0.0500. The second kappa shape index (κ2) is 4.86. The Kier molecular flexibility index (Phi) is 4.21. The number of halogens is 1. The molecule has 1 heterocycles. The molecular formula is C12H22BrNO. The summed E-state index contributed by atoms with van der Waals surface area (Å²) >= 11 is 3.46. The lowest BCUT2D eigenvalue weighted by Crippen LogP contribution is -2.32. The third kappa shape index (κ3) is 3.47. The fourth-order valence-corrected chi connectivity index (χ4v) is 2.16. The Labute approximate surface area is 102 Å². The Morgan fingerprint density at radius 1 is 1.53 bits per heavy atom. The highest BCUT2D eigenvalue weighted by atomic mass is 79.9. The van der Waals surface area contributed by atoms with Gasteiger partial charge in [0.05, 0.1) is 0 Å². The summed E-state index contributed by atoms with van der Waals surface area (Å²) in [6.07, 6.45) is 0.735. The van der Waals surface area contributed by atoms with Crippen LogP contribution in [0.5, 0.6) is 0 Å². The molecule has 0 aromatic heterocycles. The van der Waals surface area contributed by atoms with E-state index in [1.165, 1.54) is 0 Å². The summed E-state index contributed by atoms with van der Waals surface area (Å²) in [6, 6.07) is 0. The van der Waals surface area contributed by atoms with E-state index in [0.29, 0.717) is 17.7 Å². The maximum atomic E-state index is 11.8. The van der Waals surface area contributed by atoms with Crippen LogP contribution in [0.4, 0.5) is 0 Å². The quantitative estimate of drug-likeness (QED) is 0.726. The van der Waals surface area contributed by atoms with Gasteiger partial charge in [0.15, 0.2) is 0 Å². The highest BCUT2D eigenvalue weighted by Crippen LogP contribution is 2.34. The Morgan fingerprint density at radius 2 is 2.13 bits per heavy atom. The van der Waals surface area contributed by atoms with E-state index in [1.54, 1.807) is 0 Å². The second-order valence-corrected chi connectivity index (χ2v) is 6.47. The molecule has 2 atom stereocenters. The maximum Gasteiger partial charge on any atom is 0.222 e. The van der Waals surface area contributed by atoms with Crippen molar-refractivity contribution in [2.75, 3.05) is 18.4 Å². The molecule has 0 aromatic rings. The molecule has 0 aliphatic carbocycles. The van der Waals surface area contributed by atoms with Crippen LogP contribution in [0.15, 0.2) is 0 Å². The van der Waals surface area contributed by atoms with E-state index >= 15 is 0 Å². The lowest BCUT2D eigenvalue weighted by Gasteiger charge is -2.27.